The summed E-state index contributed by atoms with van der Waals surface area (Å²) in [6.07, 6.45) is -1.08. The van der Waals surface area contributed by atoms with Crippen LogP contribution in [0.1, 0.15) is 24.2 Å². The first-order chi connectivity index (χ1) is 6.06. The number of aliphatic hydroxyl groups is 1. The van der Waals surface area contributed by atoms with Crippen LogP contribution in [0.5, 0.6) is 0 Å². The highest BCUT2D eigenvalue weighted by molar-refractivity contribution is 5.35. The highest BCUT2D eigenvalue weighted by Crippen LogP contribution is 2.19. The van der Waals surface area contributed by atoms with Gasteiger partial charge in [-0.15, -0.1) is 0 Å². The summed E-state index contributed by atoms with van der Waals surface area (Å²) in [6.45, 7) is 1.32. The normalized spacial score (nSPS) is 12.2. The fraction of sp³-hybridized carbons (Fsp3) is 0.222. The van der Waals surface area contributed by atoms with Gasteiger partial charge in [0.1, 0.15) is 17.7 Å². The summed E-state index contributed by atoms with van der Waals surface area (Å²) in [5, 5.41) is 17.4. The lowest BCUT2D eigenvalue weighted by Gasteiger charge is -2.06. The van der Waals surface area contributed by atoms with Crippen molar-refractivity contribution < 1.29 is 13.9 Å². The third-order valence-corrected chi connectivity index (χ3v) is 1.66. The van der Waals surface area contributed by atoms with Gasteiger partial charge in [-0.1, -0.05) is 0 Å². The fourth-order valence-electron chi connectivity index (χ4n) is 0.968. The molecule has 0 aliphatic heterocycles. The average Bonchev–Trinajstić information content (AvgIpc) is 2.07. The summed E-state index contributed by atoms with van der Waals surface area (Å²) in [4.78, 5) is 0. The number of hydrogen-bond donors (Lipinski definition) is 1. The second-order valence-electron chi connectivity index (χ2n) is 2.64. The van der Waals surface area contributed by atoms with Crippen molar-refractivity contribution in [3.05, 3.63) is 34.9 Å². The van der Waals surface area contributed by atoms with E-state index in [-0.39, 0.29) is 11.1 Å². The Balaban J connectivity index is 3.31. The van der Waals surface area contributed by atoms with Gasteiger partial charge in [-0.25, -0.2) is 8.78 Å². The van der Waals surface area contributed by atoms with E-state index in [4.69, 9.17) is 10.4 Å². The largest absolute Gasteiger partial charge is 0.389 e. The average molecular weight is 183 g/mol. The Morgan fingerprint density at radius 3 is 2.46 bits per heavy atom. The minimum absolute atomic E-state index is 0.142. The smallest absolute Gasteiger partial charge is 0.141 e. The van der Waals surface area contributed by atoms with Crippen molar-refractivity contribution in [1.82, 2.24) is 0 Å². The van der Waals surface area contributed by atoms with Gasteiger partial charge < -0.3 is 5.11 Å². The molecule has 1 unspecified atom stereocenters. The molecule has 0 aliphatic rings. The molecule has 2 nitrogen and oxygen atoms in total. The molecule has 68 valence electrons. The van der Waals surface area contributed by atoms with Gasteiger partial charge >= 0.3 is 0 Å². The standard InChI is InChI=1S/C9H7F2NO/c1-5(13)7-3-8(10)6(4-12)2-9(7)11/h2-3,5,13H,1H3. The first-order valence-electron chi connectivity index (χ1n) is 3.63. The second-order valence-corrected chi connectivity index (χ2v) is 2.64. The molecule has 0 bridgehead atoms. The van der Waals surface area contributed by atoms with Gasteiger partial charge in [0.15, 0.2) is 0 Å². The van der Waals surface area contributed by atoms with Crippen molar-refractivity contribution in [2.75, 3.05) is 0 Å². The van der Waals surface area contributed by atoms with Gasteiger partial charge in [0, 0.05) is 5.56 Å². The van der Waals surface area contributed by atoms with Crippen LogP contribution in [0, 0.1) is 23.0 Å². The molecule has 1 atom stereocenters. The van der Waals surface area contributed by atoms with E-state index >= 15 is 0 Å². The Kier molecular flexibility index (Phi) is 2.59. The van der Waals surface area contributed by atoms with Gasteiger partial charge in [-0.2, -0.15) is 5.26 Å². The number of aliphatic hydroxyl groups excluding tert-OH is 1. The van der Waals surface area contributed by atoms with Gasteiger partial charge in [0.05, 0.1) is 11.7 Å². The maximum Gasteiger partial charge on any atom is 0.141 e. The molecule has 0 fully saturated rings. The van der Waals surface area contributed by atoms with E-state index in [0.29, 0.717) is 0 Å². The van der Waals surface area contributed by atoms with Crippen molar-refractivity contribution >= 4 is 0 Å². The Hall–Kier alpha value is -1.47. The Labute approximate surface area is 74.0 Å². The van der Waals surface area contributed by atoms with Crippen LogP contribution in [0.3, 0.4) is 0 Å². The molecule has 0 amide bonds. The van der Waals surface area contributed by atoms with Gasteiger partial charge in [-0.3, -0.25) is 0 Å². The quantitative estimate of drug-likeness (QED) is 0.722. The zero-order valence-electron chi connectivity index (χ0n) is 6.88. The fourth-order valence-corrected chi connectivity index (χ4v) is 0.968. The third kappa shape index (κ3) is 1.82. The van der Waals surface area contributed by atoms with Crippen LogP contribution in [-0.4, -0.2) is 5.11 Å². The molecule has 0 saturated heterocycles. The molecule has 1 rings (SSSR count). The van der Waals surface area contributed by atoms with E-state index in [9.17, 15) is 8.78 Å². The number of benzene rings is 1. The molecule has 1 aromatic rings. The number of halogens is 2. The monoisotopic (exact) mass is 183 g/mol. The summed E-state index contributed by atoms with van der Waals surface area (Å²) in [7, 11) is 0. The molecule has 0 radical (unpaired) electrons. The van der Waals surface area contributed by atoms with Crippen molar-refractivity contribution in [2.45, 2.75) is 13.0 Å². The SMILES string of the molecule is CC(O)c1cc(F)c(C#N)cc1F. The molecule has 0 aromatic heterocycles. The van der Waals surface area contributed by atoms with Crippen LogP contribution in [0.4, 0.5) is 8.78 Å². The molecule has 0 saturated carbocycles. The van der Waals surface area contributed by atoms with E-state index < -0.39 is 17.7 Å². The minimum atomic E-state index is -1.08. The number of nitriles is 1. The van der Waals surface area contributed by atoms with Crippen molar-refractivity contribution in [2.24, 2.45) is 0 Å². The molecular weight excluding hydrogens is 176 g/mol. The van der Waals surface area contributed by atoms with Crippen molar-refractivity contribution in [1.29, 1.82) is 5.26 Å². The molecule has 0 aliphatic carbocycles. The Morgan fingerprint density at radius 1 is 1.38 bits per heavy atom. The summed E-state index contributed by atoms with van der Waals surface area (Å²) in [5.41, 5.74) is -0.501. The van der Waals surface area contributed by atoms with Crippen molar-refractivity contribution in [3.63, 3.8) is 0 Å². The van der Waals surface area contributed by atoms with E-state index in [1.165, 1.54) is 13.0 Å². The second kappa shape index (κ2) is 3.50. The minimum Gasteiger partial charge on any atom is -0.389 e. The topological polar surface area (TPSA) is 44.0 Å². The molecule has 4 heteroatoms. The maximum absolute atomic E-state index is 13.0. The van der Waals surface area contributed by atoms with E-state index in [2.05, 4.69) is 0 Å². The third-order valence-electron chi connectivity index (χ3n) is 1.66. The van der Waals surface area contributed by atoms with Crippen molar-refractivity contribution in [3.8, 4) is 6.07 Å². The van der Waals surface area contributed by atoms with Crippen LogP contribution in [0.25, 0.3) is 0 Å². The first-order valence-corrected chi connectivity index (χ1v) is 3.63. The number of hydrogen-bond acceptors (Lipinski definition) is 2. The van der Waals surface area contributed by atoms with Gasteiger partial charge in [0.2, 0.25) is 0 Å². The van der Waals surface area contributed by atoms with Crippen LogP contribution in [-0.2, 0) is 0 Å². The predicted molar refractivity (Wildman–Crippen MR) is 41.7 cm³/mol. The van der Waals surface area contributed by atoms with Gasteiger partial charge in [0.25, 0.3) is 0 Å². The first kappa shape index (κ1) is 9.62. The van der Waals surface area contributed by atoms with Crippen LogP contribution < -0.4 is 0 Å². The highest BCUT2D eigenvalue weighted by Gasteiger charge is 2.12. The molecule has 0 spiro atoms. The van der Waals surface area contributed by atoms with E-state index in [0.717, 1.165) is 12.1 Å². The molecule has 13 heavy (non-hydrogen) atoms. The number of rotatable bonds is 1. The lowest BCUT2D eigenvalue weighted by atomic mass is 10.1. The van der Waals surface area contributed by atoms with Crippen LogP contribution >= 0.6 is 0 Å². The van der Waals surface area contributed by atoms with E-state index in [1.54, 1.807) is 0 Å². The van der Waals surface area contributed by atoms with E-state index in [1.807, 2.05) is 0 Å². The zero-order chi connectivity index (χ0) is 10.0. The Bertz CT molecular complexity index is 369. The molecule has 1 aromatic carbocycles. The van der Waals surface area contributed by atoms with Gasteiger partial charge in [-0.05, 0) is 19.1 Å². The summed E-state index contributed by atoms with van der Waals surface area (Å²) in [6, 6.07) is 3.11. The predicted octanol–water partition coefficient (Wildman–Crippen LogP) is 1.89. The zero-order valence-corrected chi connectivity index (χ0v) is 6.88. The Morgan fingerprint density at radius 2 is 2.00 bits per heavy atom. The van der Waals surface area contributed by atoms with Crippen LogP contribution in [0.2, 0.25) is 0 Å². The summed E-state index contributed by atoms with van der Waals surface area (Å²) in [5.74, 6) is -1.59. The molecular formula is C9H7F2NO. The highest BCUT2D eigenvalue weighted by atomic mass is 19.1. The lowest BCUT2D eigenvalue weighted by Crippen LogP contribution is -1.98. The van der Waals surface area contributed by atoms with Crippen LogP contribution in [0.15, 0.2) is 12.1 Å². The lowest BCUT2D eigenvalue weighted by molar-refractivity contribution is 0.193. The maximum atomic E-state index is 13.0. The summed E-state index contributed by atoms with van der Waals surface area (Å²) >= 11 is 0. The summed E-state index contributed by atoms with van der Waals surface area (Å²) < 4.78 is 25.9. The molecule has 0 heterocycles. The molecule has 1 N–H and O–H groups in total. The number of nitrogens with zero attached hydrogens (tertiary/aromatic N) is 1.